The van der Waals surface area contributed by atoms with E-state index in [9.17, 15) is 12.9 Å². The van der Waals surface area contributed by atoms with Crippen LogP contribution in [0.2, 0.25) is 0 Å². The van der Waals surface area contributed by atoms with Crippen LogP contribution >= 0.6 is 0 Å². The Balaban J connectivity index is 2.54. The molecule has 2 aromatic rings. The van der Waals surface area contributed by atoms with Crippen LogP contribution in [0.15, 0.2) is 24.3 Å². The van der Waals surface area contributed by atoms with E-state index in [-0.39, 0.29) is 0 Å². The maximum atomic E-state index is 12.3. The van der Waals surface area contributed by atoms with Gasteiger partial charge in [0.1, 0.15) is 5.82 Å². The third kappa shape index (κ3) is 1.98. The predicted octanol–water partition coefficient (Wildman–Crippen LogP) is 2.73. The van der Waals surface area contributed by atoms with Gasteiger partial charge in [-0.3, -0.25) is 0 Å². The zero-order valence-corrected chi connectivity index (χ0v) is 8.12. The third-order valence-electron chi connectivity index (χ3n) is 2.24. The second-order valence-corrected chi connectivity index (χ2v) is 3.47. The van der Waals surface area contributed by atoms with E-state index in [1.807, 2.05) is 0 Å². The minimum atomic E-state index is -4.83. The number of aromatic nitrogens is 2. The summed E-state index contributed by atoms with van der Waals surface area (Å²) in [6, 6.07) is 6.83. The van der Waals surface area contributed by atoms with Crippen LogP contribution in [0, 0.1) is 6.92 Å². The first-order valence-corrected chi connectivity index (χ1v) is 4.60. The Bertz CT molecular complexity index is 490. The van der Waals surface area contributed by atoms with Crippen molar-refractivity contribution in [1.29, 1.82) is 0 Å². The van der Waals surface area contributed by atoms with E-state index in [2.05, 4.69) is 4.98 Å². The van der Waals surface area contributed by atoms with Crippen LogP contribution in [0.3, 0.4) is 0 Å². The van der Waals surface area contributed by atoms with Gasteiger partial charge in [-0.2, -0.15) is 0 Å². The van der Waals surface area contributed by atoms with Crippen LogP contribution in [0.25, 0.3) is 11.0 Å². The number of benzene rings is 1. The molecule has 0 saturated carbocycles. The Morgan fingerprint density at radius 1 is 1.27 bits per heavy atom. The average Bonchev–Trinajstić information content (AvgIpc) is 2.41. The van der Waals surface area contributed by atoms with E-state index in [4.69, 9.17) is 0 Å². The molecule has 6 heteroatoms. The van der Waals surface area contributed by atoms with Gasteiger partial charge in [0.25, 0.3) is 0 Å². The van der Waals surface area contributed by atoms with Crippen LogP contribution in [0.5, 0.6) is 0 Å². The van der Waals surface area contributed by atoms with Gasteiger partial charge in [-0.15, -0.1) is 0 Å². The number of nitrogens with zero attached hydrogens (tertiary/aromatic N) is 2. The van der Waals surface area contributed by atoms with Crippen molar-refractivity contribution in [3.05, 3.63) is 30.1 Å². The van der Waals surface area contributed by atoms with Crippen LogP contribution in [-0.4, -0.2) is 16.5 Å². The molecule has 0 aliphatic heterocycles. The summed E-state index contributed by atoms with van der Waals surface area (Å²) in [5.74, 6) is 0.399. The lowest BCUT2D eigenvalue weighted by Gasteiger charge is -2.16. The van der Waals surface area contributed by atoms with E-state index >= 15 is 0 Å². The maximum Gasteiger partial charge on any atom is 0.497 e. The first-order valence-electron chi connectivity index (χ1n) is 4.60. The largest absolute Gasteiger partial charge is 0.497 e. The fourth-order valence-electron chi connectivity index (χ4n) is 1.63. The second kappa shape index (κ2) is 3.29. The van der Waals surface area contributed by atoms with E-state index in [0.29, 0.717) is 16.9 Å². The minimum absolute atomic E-state index is 0.399. The molecule has 0 aliphatic carbocycles. The van der Waals surface area contributed by atoms with Crippen LogP contribution in [-0.2, 0) is 6.44 Å². The number of fused-ring (bicyclic) bond motifs is 1. The number of rotatable bonds is 2. The van der Waals surface area contributed by atoms with Crippen molar-refractivity contribution < 1.29 is 12.9 Å². The quantitative estimate of drug-likeness (QED) is 0.701. The molecule has 0 spiro atoms. The minimum Gasteiger partial charge on any atom is -0.448 e. The summed E-state index contributed by atoms with van der Waals surface area (Å²) in [4.78, 5) is 4.07. The Labute approximate surface area is 84.8 Å². The topological polar surface area (TPSA) is 17.8 Å². The Morgan fingerprint density at radius 2 is 1.93 bits per heavy atom. The molecule has 0 radical (unpaired) electrons. The standard InChI is InChI=1S/C9H9BF3N2/c1-7-14-8-4-2-3-5-9(8)15(7)6-10(11,12)13/h2-5H,6H2,1H3/q-1. The number of aryl methyl sites for hydroxylation is 1. The molecule has 0 aliphatic rings. The highest BCUT2D eigenvalue weighted by atomic mass is 19.4. The van der Waals surface area contributed by atoms with E-state index in [1.54, 1.807) is 31.2 Å². The lowest BCUT2D eigenvalue weighted by atomic mass is 9.92. The molecule has 80 valence electrons. The Morgan fingerprint density at radius 3 is 2.60 bits per heavy atom. The summed E-state index contributed by atoms with van der Waals surface area (Å²) in [5.41, 5.74) is 1.14. The molecule has 0 atom stereocenters. The number of para-hydroxylation sites is 2. The van der Waals surface area contributed by atoms with Crippen molar-refractivity contribution in [1.82, 2.24) is 9.55 Å². The molecule has 1 aromatic heterocycles. The van der Waals surface area contributed by atoms with Crippen LogP contribution in [0.4, 0.5) is 12.9 Å². The summed E-state index contributed by atoms with van der Waals surface area (Å²) in [6.45, 7) is -3.25. The average molecular weight is 213 g/mol. The molecule has 0 amide bonds. The van der Waals surface area contributed by atoms with Gasteiger partial charge in [0.15, 0.2) is 0 Å². The molecule has 0 bridgehead atoms. The van der Waals surface area contributed by atoms with Crippen LogP contribution in [0.1, 0.15) is 5.82 Å². The molecular weight excluding hydrogens is 204 g/mol. The molecule has 0 N–H and O–H groups in total. The molecular formula is C9H9BF3N2-. The highest BCUT2D eigenvalue weighted by Crippen LogP contribution is 2.19. The van der Waals surface area contributed by atoms with Gasteiger partial charge in [0.2, 0.25) is 0 Å². The highest BCUT2D eigenvalue weighted by Gasteiger charge is 2.25. The van der Waals surface area contributed by atoms with Crippen molar-refractivity contribution >= 4 is 18.0 Å². The molecule has 0 fully saturated rings. The molecule has 0 saturated heterocycles. The molecule has 0 unspecified atom stereocenters. The molecule has 1 aromatic carbocycles. The zero-order chi connectivity index (χ0) is 11.1. The summed E-state index contributed by atoms with van der Waals surface area (Å²) in [6.07, 6.45) is -0.924. The smallest absolute Gasteiger partial charge is 0.448 e. The lowest BCUT2D eigenvalue weighted by molar-refractivity contribution is 0.446. The van der Waals surface area contributed by atoms with Crippen LogP contribution < -0.4 is 0 Å². The summed E-state index contributed by atoms with van der Waals surface area (Å²) >= 11 is 0. The number of hydrogen-bond acceptors (Lipinski definition) is 1. The summed E-state index contributed by atoms with van der Waals surface area (Å²) in [7, 11) is 0. The number of imidazole rings is 1. The second-order valence-electron chi connectivity index (χ2n) is 3.47. The normalized spacial score (nSPS) is 12.3. The van der Waals surface area contributed by atoms with Gasteiger partial charge in [0.05, 0.1) is 11.0 Å². The van der Waals surface area contributed by atoms with Crippen molar-refractivity contribution in [3.63, 3.8) is 0 Å². The fourth-order valence-corrected chi connectivity index (χ4v) is 1.63. The molecule has 2 rings (SSSR count). The zero-order valence-electron chi connectivity index (χ0n) is 8.12. The Kier molecular flexibility index (Phi) is 2.21. The third-order valence-corrected chi connectivity index (χ3v) is 2.24. The fraction of sp³-hybridized carbons (Fsp3) is 0.222. The molecule has 1 heterocycles. The van der Waals surface area contributed by atoms with Crippen molar-refractivity contribution in [3.8, 4) is 0 Å². The van der Waals surface area contributed by atoms with Gasteiger partial charge in [0, 0.05) is 0 Å². The summed E-state index contributed by atoms with van der Waals surface area (Å²) < 4.78 is 38.2. The first kappa shape index (κ1) is 10.1. The van der Waals surface area contributed by atoms with Crippen molar-refractivity contribution in [2.75, 3.05) is 0 Å². The maximum absolute atomic E-state index is 12.3. The number of halogens is 3. The summed E-state index contributed by atoms with van der Waals surface area (Å²) in [5, 5.41) is 0. The van der Waals surface area contributed by atoms with Gasteiger partial charge in [-0.05, 0) is 25.5 Å². The monoisotopic (exact) mass is 213 g/mol. The molecule has 15 heavy (non-hydrogen) atoms. The van der Waals surface area contributed by atoms with Crippen molar-refractivity contribution in [2.45, 2.75) is 13.4 Å². The first-order chi connectivity index (χ1) is 6.97. The SMILES string of the molecule is Cc1nc2ccccc2n1C[B-](F)(F)F. The van der Waals surface area contributed by atoms with Gasteiger partial charge in [-0.1, -0.05) is 12.1 Å². The van der Waals surface area contributed by atoms with E-state index in [1.165, 1.54) is 4.57 Å². The molecule has 2 nitrogen and oxygen atoms in total. The number of hydrogen-bond donors (Lipinski definition) is 0. The van der Waals surface area contributed by atoms with Gasteiger partial charge < -0.3 is 17.5 Å². The van der Waals surface area contributed by atoms with E-state index < -0.39 is 13.4 Å². The lowest BCUT2D eigenvalue weighted by Crippen LogP contribution is -2.24. The van der Waals surface area contributed by atoms with Gasteiger partial charge >= 0.3 is 6.98 Å². The van der Waals surface area contributed by atoms with Crippen molar-refractivity contribution in [2.24, 2.45) is 0 Å². The Hall–Kier alpha value is -1.46. The predicted molar refractivity (Wildman–Crippen MR) is 53.5 cm³/mol. The van der Waals surface area contributed by atoms with Gasteiger partial charge in [-0.25, -0.2) is 4.98 Å². The highest BCUT2D eigenvalue weighted by molar-refractivity contribution is 6.57. The van der Waals surface area contributed by atoms with E-state index in [0.717, 1.165) is 0 Å².